The van der Waals surface area contributed by atoms with Crippen LogP contribution in [0.1, 0.15) is 21.5 Å². The summed E-state index contributed by atoms with van der Waals surface area (Å²) in [6.07, 6.45) is 0. The van der Waals surface area contributed by atoms with Crippen molar-refractivity contribution < 1.29 is 9.53 Å². The second kappa shape index (κ2) is 9.94. The minimum Gasteiger partial charge on any atom is -0.437 e. The molecule has 4 rings (SSSR count). The number of hydrogen-bond donors (Lipinski definition) is 2. The number of aryl methyl sites for hydroxylation is 2. The van der Waals surface area contributed by atoms with Gasteiger partial charge in [-0.25, -0.2) is 4.98 Å². The molecule has 0 spiro atoms. The van der Waals surface area contributed by atoms with Gasteiger partial charge in [0.15, 0.2) is 0 Å². The van der Waals surface area contributed by atoms with E-state index < -0.39 is 5.91 Å². The normalized spacial score (nSPS) is 10.6. The van der Waals surface area contributed by atoms with Crippen molar-refractivity contribution >= 4 is 35.4 Å². The molecule has 0 atom stereocenters. The number of primary amides is 1. The fourth-order valence-electron chi connectivity index (χ4n) is 3.31. The highest BCUT2D eigenvalue weighted by atomic mass is 35.5. The minimum atomic E-state index is -0.572. The molecule has 0 aliphatic rings. The van der Waals surface area contributed by atoms with Gasteiger partial charge in [-0.1, -0.05) is 48.0 Å². The van der Waals surface area contributed by atoms with Crippen molar-refractivity contribution in [3.63, 3.8) is 0 Å². The lowest BCUT2D eigenvalue weighted by molar-refractivity contribution is 0.1000. The second-order valence-electron chi connectivity index (χ2n) is 7.31. The molecule has 3 aromatic carbocycles. The van der Waals surface area contributed by atoms with Crippen LogP contribution in [0.25, 0.3) is 11.3 Å². The van der Waals surface area contributed by atoms with Crippen LogP contribution in [0.15, 0.2) is 77.7 Å². The molecule has 4 aromatic rings. The molecule has 1 aromatic heterocycles. The van der Waals surface area contributed by atoms with Crippen LogP contribution in [-0.2, 0) is 0 Å². The highest BCUT2D eigenvalue weighted by Crippen LogP contribution is 2.34. The number of hydrogen-bond acceptors (Lipinski definition) is 6. The van der Waals surface area contributed by atoms with Crippen molar-refractivity contribution in [3.8, 4) is 22.9 Å². The van der Waals surface area contributed by atoms with Gasteiger partial charge in [0, 0.05) is 22.1 Å². The third-order valence-corrected chi connectivity index (χ3v) is 5.98. The van der Waals surface area contributed by atoms with Gasteiger partial charge < -0.3 is 10.5 Å². The number of carbonyl (C=O) groups excluding carboxylic acids is 1. The molecule has 0 aliphatic carbocycles. The largest absolute Gasteiger partial charge is 0.437 e. The third-order valence-electron chi connectivity index (χ3n) is 4.87. The smallest absolute Gasteiger partial charge is 0.248 e. The number of ether oxygens (including phenoxy) is 1. The number of nitrogens with one attached hydrogen (secondary N) is 1. The van der Waals surface area contributed by atoms with Gasteiger partial charge in [0.1, 0.15) is 5.75 Å². The molecule has 0 fully saturated rings. The molecular formula is C25H21ClN4O2S. The number of rotatable bonds is 7. The van der Waals surface area contributed by atoms with Crippen LogP contribution >= 0.6 is 23.5 Å². The van der Waals surface area contributed by atoms with Gasteiger partial charge in [-0.05, 0) is 67.3 Å². The monoisotopic (exact) mass is 476 g/mol. The van der Waals surface area contributed by atoms with Gasteiger partial charge in [0.05, 0.1) is 10.7 Å². The van der Waals surface area contributed by atoms with Crippen molar-refractivity contribution in [2.24, 2.45) is 5.73 Å². The summed E-state index contributed by atoms with van der Waals surface area (Å²) in [5, 5.41) is 0.334. The molecule has 8 heteroatoms. The van der Waals surface area contributed by atoms with Crippen LogP contribution in [0.5, 0.6) is 11.6 Å². The van der Waals surface area contributed by atoms with E-state index in [1.807, 2.05) is 62.4 Å². The average molecular weight is 477 g/mol. The number of halogens is 1. The molecule has 0 bridgehead atoms. The van der Waals surface area contributed by atoms with Gasteiger partial charge in [-0.3, -0.25) is 9.52 Å². The number of benzene rings is 3. The Morgan fingerprint density at radius 2 is 1.70 bits per heavy atom. The Labute approximate surface area is 201 Å². The van der Waals surface area contributed by atoms with Crippen molar-refractivity contribution in [2.75, 3.05) is 4.72 Å². The van der Waals surface area contributed by atoms with E-state index in [0.717, 1.165) is 21.6 Å². The molecule has 0 saturated carbocycles. The highest BCUT2D eigenvalue weighted by molar-refractivity contribution is 8.00. The zero-order chi connectivity index (χ0) is 23.4. The van der Waals surface area contributed by atoms with E-state index in [-0.39, 0.29) is 17.2 Å². The van der Waals surface area contributed by atoms with Crippen LogP contribution in [0.3, 0.4) is 0 Å². The molecule has 3 N–H and O–H groups in total. The van der Waals surface area contributed by atoms with E-state index in [9.17, 15) is 4.79 Å². The van der Waals surface area contributed by atoms with E-state index in [1.54, 1.807) is 18.2 Å². The number of nitrogens with two attached hydrogens (primary N) is 1. The number of anilines is 1. The van der Waals surface area contributed by atoms with Crippen LogP contribution in [0.2, 0.25) is 5.02 Å². The summed E-state index contributed by atoms with van der Waals surface area (Å²) in [6.45, 7) is 4.06. The Morgan fingerprint density at radius 1 is 0.970 bits per heavy atom. The molecule has 0 saturated heterocycles. The number of aromatic nitrogens is 2. The average Bonchev–Trinajstić information content (AvgIpc) is 2.79. The second-order valence-corrected chi connectivity index (χ2v) is 8.60. The SMILES string of the molecule is Cc1cccc(C)c1-c1cc(Oc2cc(C(N)=O)ccc2Cl)nc(NSc2ccccc2)n1. The first-order chi connectivity index (χ1) is 15.9. The lowest BCUT2D eigenvalue weighted by Crippen LogP contribution is -2.10. The first-order valence-corrected chi connectivity index (χ1v) is 11.3. The molecule has 1 amide bonds. The first-order valence-electron chi connectivity index (χ1n) is 10.1. The molecule has 166 valence electrons. The molecule has 0 unspecified atom stereocenters. The van der Waals surface area contributed by atoms with Crippen LogP contribution < -0.4 is 15.2 Å². The molecular weight excluding hydrogens is 456 g/mol. The Morgan fingerprint density at radius 3 is 2.39 bits per heavy atom. The fraction of sp³-hybridized carbons (Fsp3) is 0.0800. The van der Waals surface area contributed by atoms with Gasteiger partial charge in [-0.15, -0.1) is 0 Å². The van der Waals surface area contributed by atoms with Gasteiger partial charge >= 0.3 is 0 Å². The van der Waals surface area contributed by atoms with E-state index in [4.69, 9.17) is 27.1 Å². The van der Waals surface area contributed by atoms with Crippen LogP contribution in [-0.4, -0.2) is 15.9 Å². The van der Waals surface area contributed by atoms with E-state index in [0.29, 0.717) is 16.7 Å². The topological polar surface area (TPSA) is 90.1 Å². The maximum Gasteiger partial charge on any atom is 0.248 e. The Hall–Kier alpha value is -3.55. The van der Waals surface area contributed by atoms with Crippen molar-refractivity contribution in [3.05, 3.63) is 94.5 Å². The molecule has 0 radical (unpaired) electrons. The van der Waals surface area contributed by atoms with Crippen molar-refractivity contribution in [1.29, 1.82) is 0 Å². The summed E-state index contributed by atoms with van der Waals surface area (Å²) in [4.78, 5) is 21.8. The van der Waals surface area contributed by atoms with Gasteiger partial charge in [0.25, 0.3) is 0 Å². The third kappa shape index (κ3) is 5.45. The zero-order valence-corrected chi connectivity index (χ0v) is 19.6. The quantitative estimate of drug-likeness (QED) is 0.299. The summed E-state index contributed by atoms with van der Waals surface area (Å²) in [5.41, 5.74) is 9.55. The predicted molar refractivity (Wildman–Crippen MR) is 133 cm³/mol. The predicted octanol–water partition coefficient (Wildman–Crippen LogP) is 6.42. The van der Waals surface area contributed by atoms with E-state index in [1.165, 1.54) is 18.0 Å². The van der Waals surface area contributed by atoms with Gasteiger partial charge in [0.2, 0.25) is 17.7 Å². The van der Waals surface area contributed by atoms with Crippen LogP contribution in [0, 0.1) is 13.8 Å². The Kier molecular flexibility index (Phi) is 6.82. The maximum atomic E-state index is 11.6. The molecule has 0 aliphatic heterocycles. The summed E-state index contributed by atoms with van der Waals surface area (Å²) in [5.74, 6) is 0.362. The molecule has 1 heterocycles. The zero-order valence-electron chi connectivity index (χ0n) is 18.0. The minimum absolute atomic E-state index is 0.279. The fourth-order valence-corrected chi connectivity index (χ4v) is 4.06. The van der Waals surface area contributed by atoms with Crippen LogP contribution in [0.4, 0.5) is 5.95 Å². The van der Waals surface area contributed by atoms with Gasteiger partial charge in [-0.2, -0.15) is 4.98 Å². The van der Waals surface area contributed by atoms with E-state index in [2.05, 4.69) is 9.71 Å². The van der Waals surface area contributed by atoms with E-state index >= 15 is 0 Å². The number of nitrogens with zero attached hydrogens (tertiary/aromatic N) is 2. The summed E-state index contributed by atoms with van der Waals surface area (Å²) in [7, 11) is 0. The summed E-state index contributed by atoms with van der Waals surface area (Å²) in [6, 6.07) is 22.3. The number of amides is 1. The molecule has 6 nitrogen and oxygen atoms in total. The Balaban J connectivity index is 1.74. The highest BCUT2D eigenvalue weighted by Gasteiger charge is 2.15. The number of carbonyl (C=O) groups is 1. The maximum absolute atomic E-state index is 11.6. The standard InChI is InChI=1S/C25H21ClN4O2S/c1-15-7-6-8-16(2)23(15)20-14-22(32-21-13-17(24(27)31)11-12-19(21)26)29-25(28-20)30-33-18-9-4-3-5-10-18/h3-14H,1-2H3,(H2,27,31)(H,28,29,30). The lowest BCUT2D eigenvalue weighted by Gasteiger charge is -2.14. The first kappa shape index (κ1) is 22.6. The lowest BCUT2D eigenvalue weighted by atomic mass is 10.00. The Bertz CT molecular complexity index is 1300. The summed E-state index contributed by atoms with van der Waals surface area (Å²) >= 11 is 7.69. The van der Waals surface area contributed by atoms with Crippen molar-refractivity contribution in [1.82, 2.24) is 9.97 Å². The van der Waals surface area contributed by atoms with Crippen molar-refractivity contribution in [2.45, 2.75) is 18.7 Å². The molecule has 33 heavy (non-hydrogen) atoms. The summed E-state index contributed by atoms with van der Waals surface area (Å²) < 4.78 is 9.18.